The average molecular weight is 376 g/mol. The van der Waals surface area contributed by atoms with Gasteiger partial charge in [-0.1, -0.05) is 30.3 Å². The molecule has 0 atom stereocenters. The van der Waals surface area contributed by atoms with E-state index in [1.807, 2.05) is 25.1 Å². The monoisotopic (exact) mass is 376 g/mol. The lowest BCUT2D eigenvalue weighted by Gasteiger charge is -2.34. The van der Waals surface area contributed by atoms with Crippen molar-refractivity contribution < 1.29 is 12.8 Å². The van der Waals surface area contributed by atoms with Crippen molar-refractivity contribution in [1.82, 2.24) is 9.21 Å². The molecule has 0 saturated carbocycles. The van der Waals surface area contributed by atoms with Crippen LogP contribution in [0.2, 0.25) is 0 Å². The molecule has 1 aliphatic rings. The SMILES string of the molecule is Cc1cccc(S(=O)(=O)N2CCN(CCCc3ccccc3F)CC2)c1. The summed E-state index contributed by atoms with van der Waals surface area (Å²) in [6.45, 7) is 5.16. The van der Waals surface area contributed by atoms with Gasteiger partial charge in [-0.2, -0.15) is 4.31 Å². The average Bonchev–Trinajstić information content (AvgIpc) is 2.64. The van der Waals surface area contributed by atoms with Crippen LogP contribution >= 0.6 is 0 Å². The highest BCUT2D eigenvalue weighted by Gasteiger charge is 2.28. The Kier molecular flexibility index (Phi) is 6.06. The third-order valence-electron chi connectivity index (χ3n) is 4.84. The van der Waals surface area contributed by atoms with E-state index in [0.29, 0.717) is 37.5 Å². The zero-order valence-electron chi connectivity index (χ0n) is 15.1. The molecule has 0 unspecified atom stereocenters. The first kappa shape index (κ1) is 19.0. The van der Waals surface area contributed by atoms with E-state index in [2.05, 4.69) is 4.90 Å². The quantitative estimate of drug-likeness (QED) is 0.778. The van der Waals surface area contributed by atoms with Crippen molar-refractivity contribution in [3.63, 3.8) is 0 Å². The number of hydrogen-bond acceptors (Lipinski definition) is 3. The second-order valence-corrected chi connectivity index (χ2v) is 8.70. The molecule has 140 valence electrons. The minimum absolute atomic E-state index is 0.151. The third-order valence-corrected chi connectivity index (χ3v) is 6.73. The molecule has 0 spiro atoms. The van der Waals surface area contributed by atoms with Gasteiger partial charge in [-0.25, -0.2) is 12.8 Å². The minimum Gasteiger partial charge on any atom is -0.301 e. The molecular formula is C20H25FN2O2S. The molecule has 0 aliphatic carbocycles. The van der Waals surface area contributed by atoms with E-state index < -0.39 is 10.0 Å². The molecule has 1 fully saturated rings. The van der Waals surface area contributed by atoms with Crippen molar-refractivity contribution >= 4 is 10.0 Å². The Balaban J connectivity index is 1.50. The first-order valence-electron chi connectivity index (χ1n) is 8.99. The van der Waals surface area contributed by atoms with Crippen LogP contribution in [0.3, 0.4) is 0 Å². The van der Waals surface area contributed by atoms with Crippen molar-refractivity contribution in [3.05, 3.63) is 65.5 Å². The standard InChI is InChI=1S/C20H25FN2O2S/c1-17-6-4-9-19(16-17)26(24,25)23-14-12-22(13-15-23)11-5-8-18-7-2-3-10-20(18)21/h2-4,6-7,9-10,16H,5,8,11-15H2,1H3. The molecule has 0 radical (unpaired) electrons. The summed E-state index contributed by atoms with van der Waals surface area (Å²) < 4.78 is 40.7. The molecule has 4 nitrogen and oxygen atoms in total. The third kappa shape index (κ3) is 4.50. The van der Waals surface area contributed by atoms with Crippen LogP contribution < -0.4 is 0 Å². The summed E-state index contributed by atoms with van der Waals surface area (Å²) >= 11 is 0. The number of nitrogens with zero attached hydrogens (tertiary/aromatic N) is 2. The predicted octanol–water partition coefficient (Wildman–Crippen LogP) is 3.07. The summed E-state index contributed by atoms with van der Waals surface area (Å²) in [5.74, 6) is -0.151. The highest BCUT2D eigenvalue weighted by atomic mass is 32.2. The summed E-state index contributed by atoms with van der Waals surface area (Å²) in [5.41, 5.74) is 1.69. The number of sulfonamides is 1. The van der Waals surface area contributed by atoms with Gasteiger partial charge in [-0.05, 0) is 55.6 Å². The van der Waals surface area contributed by atoms with Gasteiger partial charge >= 0.3 is 0 Å². The molecule has 0 amide bonds. The Morgan fingerprint density at radius 3 is 2.42 bits per heavy atom. The van der Waals surface area contributed by atoms with Crippen molar-refractivity contribution in [2.45, 2.75) is 24.7 Å². The van der Waals surface area contributed by atoms with Crippen LogP contribution in [0.15, 0.2) is 53.4 Å². The van der Waals surface area contributed by atoms with Crippen LogP contribution in [0, 0.1) is 12.7 Å². The van der Waals surface area contributed by atoms with Gasteiger partial charge in [0.15, 0.2) is 0 Å². The van der Waals surface area contributed by atoms with Crippen molar-refractivity contribution in [3.8, 4) is 0 Å². The van der Waals surface area contributed by atoms with E-state index in [4.69, 9.17) is 0 Å². The molecule has 3 rings (SSSR count). The first-order valence-corrected chi connectivity index (χ1v) is 10.4. The summed E-state index contributed by atoms with van der Waals surface area (Å²) in [6, 6.07) is 13.9. The second-order valence-electron chi connectivity index (χ2n) is 6.76. The normalized spacial score (nSPS) is 16.7. The molecule has 0 bridgehead atoms. The number of rotatable bonds is 6. The van der Waals surface area contributed by atoms with E-state index in [1.54, 1.807) is 28.6 Å². The van der Waals surface area contributed by atoms with Crippen LogP contribution in [0.25, 0.3) is 0 Å². The number of aryl methyl sites for hydroxylation is 2. The zero-order chi connectivity index (χ0) is 18.6. The van der Waals surface area contributed by atoms with Gasteiger partial charge in [-0.3, -0.25) is 0 Å². The summed E-state index contributed by atoms with van der Waals surface area (Å²) in [7, 11) is -3.42. The summed E-state index contributed by atoms with van der Waals surface area (Å²) in [4.78, 5) is 2.62. The molecule has 1 heterocycles. The molecule has 0 aromatic heterocycles. The Morgan fingerprint density at radius 2 is 1.73 bits per heavy atom. The van der Waals surface area contributed by atoms with Gasteiger partial charge in [0.2, 0.25) is 10.0 Å². The molecule has 6 heteroatoms. The maximum absolute atomic E-state index is 13.6. The Bertz CT molecular complexity index is 846. The Morgan fingerprint density at radius 1 is 1.00 bits per heavy atom. The van der Waals surface area contributed by atoms with Gasteiger partial charge in [-0.15, -0.1) is 0 Å². The lowest BCUT2D eigenvalue weighted by atomic mass is 10.1. The molecule has 1 saturated heterocycles. The van der Waals surface area contributed by atoms with E-state index in [-0.39, 0.29) is 5.82 Å². The number of hydrogen-bond donors (Lipinski definition) is 0. The maximum atomic E-state index is 13.6. The van der Waals surface area contributed by atoms with Crippen molar-refractivity contribution in [1.29, 1.82) is 0 Å². The van der Waals surface area contributed by atoms with Gasteiger partial charge in [0.1, 0.15) is 5.82 Å². The highest BCUT2D eigenvalue weighted by molar-refractivity contribution is 7.89. The van der Waals surface area contributed by atoms with E-state index in [0.717, 1.165) is 24.1 Å². The van der Waals surface area contributed by atoms with E-state index in [9.17, 15) is 12.8 Å². The van der Waals surface area contributed by atoms with Crippen LogP contribution in [0.4, 0.5) is 4.39 Å². The van der Waals surface area contributed by atoms with Crippen molar-refractivity contribution in [2.24, 2.45) is 0 Å². The highest BCUT2D eigenvalue weighted by Crippen LogP contribution is 2.19. The minimum atomic E-state index is -3.42. The predicted molar refractivity (Wildman–Crippen MR) is 101 cm³/mol. The van der Waals surface area contributed by atoms with Gasteiger partial charge in [0.05, 0.1) is 4.90 Å². The van der Waals surface area contributed by atoms with E-state index in [1.165, 1.54) is 6.07 Å². The summed E-state index contributed by atoms with van der Waals surface area (Å²) in [5, 5.41) is 0. The Labute approximate surface area is 155 Å². The van der Waals surface area contributed by atoms with Gasteiger partial charge in [0.25, 0.3) is 0 Å². The molecular weight excluding hydrogens is 351 g/mol. The fraction of sp³-hybridized carbons (Fsp3) is 0.400. The molecule has 2 aromatic rings. The van der Waals surface area contributed by atoms with Gasteiger partial charge in [0, 0.05) is 26.2 Å². The number of halogens is 1. The molecule has 0 N–H and O–H groups in total. The van der Waals surface area contributed by atoms with Crippen LogP contribution in [0.5, 0.6) is 0 Å². The van der Waals surface area contributed by atoms with Crippen LogP contribution in [-0.2, 0) is 16.4 Å². The maximum Gasteiger partial charge on any atom is 0.243 e. The fourth-order valence-corrected chi connectivity index (χ4v) is 4.84. The lowest BCUT2D eigenvalue weighted by Crippen LogP contribution is -2.48. The van der Waals surface area contributed by atoms with Crippen LogP contribution in [0.1, 0.15) is 17.5 Å². The summed E-state index contributed by atoms with van der Waals surface area (Å²) in [6.07, 6.45) is 1.57. The molecule has 1 aliphatic heterocycles. The number of benzene rings is 2. The smallest absolute Gasteiger partial charge is 0.243 e. The van der Waals surface area contributed by atoms with Crippen LogP contribution in [-0.4, -0.2) is 50.3 Å². The van der Waals surface area contributed by atoms with E-state index >= 15 is 0 Å². The van der Waals surface area contributed by atoms with Crippen molar-refractivity contribution in [2.75, 3.05) is 32.7 Å². The number of piperazine rings is 1. The Hall–Kier alpha value is -1.76. The molecule has 26 heavy (non-hydrogen) atoms. The topological polar surface area (TPSA) is 40.6 Å². The second kappa shape index (κ2) is 8.29. The lowest BCUT2D eigenvalue weighted by molar-refractivity contribution is 0.186. The zero-order valence-corrected chi connectivity index (χ0v) is 15.9. The van der Waals surface area contributed by atoms with Gasteiger partial charge < -0.3 is 4.90 Å². The molecule has 2 aromatic carbocycles. The fourth-order valence-electron chi connectivity index (χ4n) is 3.31. The first-order chi connectivity index (χ1) is 12.5. The largest absolute Gasteiger partial charge is 0.301 e.